The molecule has 1 spiro atoms. The van der Waals surface area contributed by atoms with Crippen molar-refractivity contribution in [2.75, 3.05) is 26.8 Å². The highest BCUT2D eigenvalue weighted by molar-refractivity contribution is 6.33. The minimum Gasteiger partial charge on any atom is -0.495 e. The minimum atomic E-state index is -0.364. The molecular formula is C25H30ClNO3. The second-order valence-electron chi connectivity index (χ2n) is 9.02. The Morgan fingerprint density at radius 3 is 2.53 bits per heavy atom. The third-order valence-corrected chi connectivity index (χ3v) is 6.73. The van der Waals surface area contributed by atoms with Crippen molar-refractivity contribution in [3.63, 3.8) is 0 Å². The summed E-state index contributed by atoms with van der Waals surface area (Å²) < 4.78 is 10.9. The number of ether oxygens (including phenoxy) is 2. The molecule has 5 heteroatoms. The molecule has 1 atom stereocenters. The topological polar surface area (TPSA) is 47.6 Å². The first kappa shape index (κ1) is 21.2. The molecule has 0 unspecified atom stereocenters. The molecule has 2 aromatic carbocycles. The van der Waals surface area contributed by atoms with Gasteiger partial charge in [-0.05, 0) is 72.9 Å². The molecule has 1 aliphatic carbocycles. The predicted molar refractivity (Wildman–Crippen MR) is 120 cm³/mol. The summed E-state index contributed by atoms with van der Waals surface area (Å²) >= 11 is 6.44. The molecule has 2 aliphatic rings. The van der Waals surface area contributed by atoms with Gasteiger partial charge in [0.1, 0.15) is 5.75 Å². The first-order valence-electron chi connectivity index (χ1n) is 10.8. The quantitative estimate of drug-likeness (QED) is 0.602. The summed E-state index contributed by atoms with van der Waals surface area (Å²) in [6, 6.07) is 12.1. The lowest BCUT2D eigenvalue weighted by Gasteiger charge is -2.23. The van der Waals surface area contributed by atoms with Gasteiger partial charge >= 0.3 is 5.97 Å². The van der Waals surface area contributed by atoms with Gasteiger partial charge in [0.25, 0.3) is 0 Å². The zero-order chi connectivity index (χ0) is 21.3. The molecule has 4 nitrogen and oxygen atoms in total. The van der Waals surface area contributed by atoms with E-state index in [-0.39, 0.29) is 11.9 Å². The van der Waals surface area contributed by atoms with Gasteiger partial charge in [-0.25, -0.2) is 4.79 Å². The van der Waals surface area contributed by atoms with Gasteiger partial charge in [-0.2, -0.15) is 0 Å². The van der Waals surface area contributed by atoms with E-state index in [1.165, 1.54) is 24.8 Å². The summed E-state index contributed by atoms with van der Waals surface area (Å²) in [5, 5.41) is 3.87. The molecule has 1 saturated carbocycles. The largest absolute Gasteiger partial charge is 0.495 e. The molecule has 2 aromatic rings. The maximum atomic E-state index is 12.5. The number of carbonyl (C=O) groups excluding carboxylic acids is 1. The summed E-state index contributed by atoms with van der Waals surface area (Å²) in [6.07, 6.45) is 3.83. The Bertz CT molecular complexity index is 917. The highest BCUT2D eigenvalue weighted by atomic mass is 35.5. The molecule has 0 radical (unpaired) electrons. The van der Waals surface area contributed by atoms with E-state index in [1.54, 1.807) is 13.2 Å². The van der Waals surface area contributed by atoms with Crippen LogP contribution < -0.4 is 10.1 Å². The van der Waals surface area contributed by atoms with Crippen molar-refractivity contribution in [3.05, 3.63) is 52.5 Å². The maximum Gasteiger partial charge on any atom is 0.338 e. The maximum absolute atomic E-state index is 12.5. The number of hydrogen-bond donors (Lipinski definition) is 1. The lowest BCUT2D eigenvalue weighted by Crippen LogP contribution is -2.29. The van der Waals surface area contributed by atoms with Gasteiger partial charge in [0, 0.05) is 5.56 Å². The van der Waals surface area contributed by atoms with Crippen LogP contribution in [0.2, 0.25) is 5.02 Å². The zero-order valence-corrected chi connectivity index (χ0v) is 18.7. The van der Waals surface area contributed by atoms with Gasteiger partial charge in [0.15, 0.2) is 0 Å². The van der Waals surface area contributed by atoms with Crippen molar-refractivity contribution < 1.29 is 14.3 Å². The van der Waals surface area contributed by atoms with Gasteiger partial charge in [-0.3, -0.25) is 0 Å². The molecule has 0 amide bonds. The Morgan fingerprint density at radius 1 is 1.20 bits per heavy atom. The molecule has 1 heterocycles. The van der Waals surface area contributed by atoms with E-state index in [0.29, 0.717) is 34.3 Å². The van der Waals surface area contributed by atoms with Crippen LogP contribution in [-0.2, 0) is 4.74 Å². The molecular weight excluding hydrogens is 398 g/mol. The van der Waals surface area contributed by atoms with Crippen LogP contribution in [0, 0.1) is 11.3 Å². The highest BCUT2D eigenvalue weighted by Crippen LogP contribution is 2.64. The van der Waals surface area contributed by atoms with E-state index in [1.807, 2.05) is 19.9 Å². The first-order valence-corrected chi connectivity index (χ1v) is 11.2. The molecule has 1 N–H and O–H groups in total. The molecule has 4 rings (SSSR count). The average Bonchev–Trinajstić information content (AvgIpc) is 3.44. The number of methoxy groups -OCH3 is 1. The van der Waals surface area contributed by atoms with E-state index in [2.05, 4.69) is 29.6 Å². The molecule has 2 fully saturated rings. The van der Waals surface area contributed by atoms with Crippen molar-refractivity contribution >= 4 is 17.6 Å². The van der Waals surface area contributed by atoms with E-state index in [4.69, 9.17) is 21.1 Å². The van der Waals surface area contributed by atoms with Crippen molar-refractivity contribution in [1.29, 1.82) is 0 Å². The average molecular weight is 428 g/mol. The van der Waals surface area contributed by atoms with E-state index >= 15 is 0 Å². The Hall–Kier alpha value is -2.04. The Kier molecular flexibility index (Phi) is 6.08. The number of halogens is 1. The van der Waals surface area contributed by atoms with Gasteiger partial charge in [0.2, 0.25) is 0 Å². The number of hydrogen-bond acceptors (Lipinski definition) is 4. The third-order valence-electron chi connectivity index (χ3n) is 6.44. The molecule has 0 bridgehead atoms. The lowest BCUT2D eigenvalue weighted by molar-refractivity contribution is 0.0459. The summed E-state index contributed by atoms with van der Waals surface area (Å²) in [4.78, 5) is 12.5. The highest BCUT2D eigenvalue weighted by Gasteiger charge is 2.54. The lowest BCUT2D eigenvalue weighted by atomic mass is 9.89. The fraction of sp³-hybridized carbons (Fsp3) is 0.480. The van der Waals surface area contributed by atoms with Crippen LogP contribution in [0.5, 0.6) is 5.75 Å². The third kappa shape index (κ3) is 4.21. The van der Waals surface area contributed by atoms with Gasteiger partial charge < -0.3 is 14.8 Å². The SMILES string of the molecule is COc1c(Cl)cc(C(=O)OCC(C)C)cc1-c1ccc([C@H]2CC23CCNCC3)cc1. The minimum absolute atomic E-state index is 0.278. The van der Waals surface area contributed by atoms with Crippen molar-refractivity contribution in [1.82, 2.24) is 5.32 Å². The second kappa shape index (κ2) is 8.60. The molecule has 160 valence electrons. The molecule has 30 heavy (non-hydrogen) atoms. The Balaban J connectivity index is 1.59. The summed E-state index contributed by atoms with van der Waals surface area (Å²) in [5.41, 5.74) is 4.14. The fourth-order valence-corrected chi connectivity index (χ4v) is 4.95. The molecule has 1 aliphatic heterocycles. The van der Waals surface area contributed by atoms with Crippen LogP contribution >= 0.6 is 11.6 Å². The van der Waals surface area contributed by atoms with Crippen LogP contribution in [0.15, 0.2) is 36.4 Å². The normalized spacial score (nSPS) is 19.7. The Morgan fingerprint density at radius 2 is 1.90 bits per heavy atom. The predicted octanol–water partition coefficient (Wildman–Crippen LogP) is 5.69. The van der Waals surface area contributed by atoms with E-state index in [0.717, 1.165) is 24.2 Å². The molecule has 1 saturated heterocycles. The summed E-state index contributed by atoms with van der Waals surface area (Å²) in [7, 11) is 1.60. The van der Waals surface area contributed by atoms with Gasteiger partial charge in [-0.1, -0.05) is 49.7 Å². The number of benzene rings is 2. The second-order valence-corrected chi connectivity index (χ2v) is 9.43. The smallest absolute Gasteiger partial charge is 0.338 e. The van der Waals surface area contributed by atoms with Gasteiger partial charge in [-0.15, -0.1) is 0 Å². The fourth-order valence-electron chi connectivity index (χ4n) is 4.65. The van der Waals surface area contributed by atoms with E-state index in [9.17, 15) is 4.79 Å². The molecule has 0 aromatic heterocycles. The van der Waals surface area contributed by atoms with Crippen molar-refractivity contribution in [2.24, 2.45) is 11.3 Å². The van der Waals surface area contributed by atoms with Crippen LogP contribution in [0.1, 0.15) is 54.9 Å². The first-order chi connectivity index (χ1) is 14.4. The Labute approximate surface area is 183 Å². The summed E-state index contributed by atoms with van der Waals surface area (Å²) in [5.74, 6) is 1.15. The van der Waals surface area contributed by atoms with E-state index < -0.39 is 0 Å². The number of piperidine rings is 1. The van der Waals surface area contributed by atoms with Crippen LogP contribution in [0.3, 0.4) is 0 Å². The standard InChI is InChI=1S/C25H30ClNO3/c1-16(2)15-30-24(28)19-12-20(23(29-3)22(26)13-19)17-4-6-18(7-5-17)21-14-25(21)8-10-27-11-9-25/h4-7,12-13,16,21,27H,8-11,14-15H2,1-3H3/t21-/m1/s1. The van der Waals surface area contributed by atoms with Crippen LogP contribution in [0.25, 0.3) is 11.1 Å². The number of rotatable bonds is 6. The van der Waals surface area contributed by atoms with Crippen LogP contribution in [0.4, 0.5) is 0 Å². The number of nitrogens with one attached hydrogen (secondary N) is 1. The summed E-state index contributed by atoms with van der Waals surface area (Å²) in [6.45, 7) is 6.66. The monoisotopic (exact) mass is 427 g/mol. The number of esters is 1. The van der Waals surface area contributed by atoms with Crippen LogP contribution in [-0.4, -0.2) is 32.8 Å². The zero-order valence-electron chi connectivity index (χ0n) is 18.0. The van der Waals surface area contributed by atoms with Crippen molar-refractivity contribution in [2.45, 2.75) is 39.0 Å². The van der Waals surface area contributed by atoms with Crippen molar-refractivity contribution in [3.8, 4) is 16.9 Å². The number of carbonyl (C=O) groups is 1. The van der Waals surface area contributed by atoms with Gasteiger partial charge in [0.05, 0.1) is 24.3 Å².